The van der Waals surface area contributed by atoms with Gasteiger partial charge in [-0.3, -0.25) is 4.98 Å². The lowest BCUT2D eigenvalue weighted by atomic mass is 9.95. The van der Waals surface area contributed by atoms with Gasteiger partial charge in [0.15, 0.2) is 0 Å². The Morgan fingerprint density at radius 3 is 2.46 bits per heavy atom. The van der Waals surface area contributed by atoms with Gasteiger partial charge in [0, 0.05) is 28.1 Å². The molecule has 2 aromatic heterocycles. The van der Waals surface area contributed by atoms with Crippen LogP contribution in [0.1, 0.15) is 5.56 Å². The van der Waals surface area contributed by atoms with Crippen LogP contribution in [0.25, 0.3) is 44.3 Å². The van der Waals surface area contributed by atoms with Gasteiger partial charge in [-0.15, -0.1) is 0 Å². The topological polar surface area (TPSA) is 66.5 Å². The number of rotatable bonds is 2. The zero-order valence-electron chi connectivity index (χ0n) is 15.2. The first kappa shape index (κ1) is 16.4. The van der Waals surface area contributed by atoms with Crippen LogP contribution in [-0.2, 0) is 0 Å². The molecule has 0 saturated heterocycles. The summed E-state index contributed by atoms with van der Waals surface area (Å²) in [5.41, 5.74) is 5.22. The Balaban J connectivity index is 1.93. The smallest absolute Gasteiger partial charge is 0.143 e. The van der Waals surface area contributed by atoms with E-state index in [1.807, 2.05) is 49.4 Å². The first-order valence-electron chi connectivity index (χ1n) is 9.01. The number of phenols is 2. The number of fused-ring (bicyclic) bond motifs is 2. The molecule has 5 aromatic rings. The van der Waals surface area contributed by atoms with Gasteiger partial charge in [-0.05, 0) is 66.6 Å². The van der Waals surface area contributed by atoms with Gasteiger partial charge >= 0.3 is 0 Å². The van der Waals surface area contributed by atoms with Crippen LogP contribution in [0, 0.1) is 6.92 Å². The molecule has 4 heteroatoms. The number of aromatic nitrogens is 1. The highest BCUT2D eigenvalue weighted by molar-refractivity contribution is 6.09. The van der Waals surface area contributed by atoms with Crippen LogP contribution >= 0.6 is 0 Å². The second-order valence-corrected chi connectivity index (χ2v) is 6.87. The summed E-state index contributed by atoms with van der Waals surface area (Å²) in [6.07, 6.45) is 1.77. The zero-order valence-corrected chi connectivity index (χ0v) is 15.2. The summed E-state index contributed by atoms with van der Waals surface area (Å²) in [5.74, 6) is 1.09. The number of phenolic OH excluding ortho intramolecular Hbond substituents is 2. The summed E-state index contributed by atoms with van der Waals surface area (Å²) in [6.45, 7) is 1.92. The van der Waals surface area contributed by atoms with Crippen molar-refractivity contribution in [3.05, 3.63) is 78.5 Å². The Labute approximate surface area is 161 Å². The van der Waals surface area contributed by atoms with Crippen molar-refractivity contribution >= 4 is 21.9 Å². The van der Waals surface area contributed by atoms with Crippen LogP contribution in [0.5, 0.6) is 11.5 Å². The van der Waals surface area contributed by atoms with Crippen molar-refractivity contribution in [2.75, 3.05) is 0 Å². The van der Waals surface area contributed by atoms with Crippen molar-refractivity contribution in [3.8, 4) is 33.9 Å². The van der Waals surface area contributed by atoms with Crippen molar-refractivity contribution < 1.29 is 14.6 Å². The molecule has 5 rings (SSSR count). The molecule has 28 heavy (non-hydrogen) atoms. The molecule has 0 fully saturated rings. The fourth-order valence-corrected chi connectivity index (χ4v) is 3.76. The summed E-state index contributed by atoms with van der Waals surface area (Å²) in [5, 5.41) is 21.8. The third-order valence-corrected chi connectivity index (χ3v) is 5.00. The summed E-state index contributed by atoms with van der Waals surface area (Å²) in [7, 11) is 0. The Morgan fingerprint density at radius 2 is 1.64 bits per heavy atom. The molecular formula is C24H17NO3. The fraction of sp³-hybridized carbons (Fsp3) is 0.0417. The molecule has 2 N–H and O–H groups in total. The van der Waals surface area contributed by atoms with E-state index >= 15 is 0 Å². The molecule has 3 aromatic carbocycles. The van der Waals surface area contributed by atoms with E-state index in [1.54, 1.807) is 30.5 Å². The maximum atomic E-state index is 10.2. The van der Waals surface area contributed by atoms with E-state index in [2.05, 4.69) is 4.98 Å². The predicted molar refractivity (Wildman–Crippen MR) is 110 cm³/mol. The fourth-order valence-electron chi connectivity index (χ4n) is 3.76. The average Bonchev–Trinajstić information content (AvgIpc) is 3.07. The second kappa shape index (κ2) is 6.13. The number of pyridine rings is 1. The number of aryl methyl sites for hydroxylation is 1. The maximum Gasteiger partial charge on any atom is 0.143 e. The van der Waals surface area contributed by atoms with E-state index in [9.17, 15) is 10.2 Å². The van der Waals surface area contributed by atoms with Crippen molar-refractivity contribution in [2.24, 2.45) is 0 Å². The molecule has 2 heterocycles. The van der Waals surface area contributed by atoms with Gasteiger partial charge < -0.3 is 14.6 Å². The molecule has 136 valence electrons. The van der Waals surface area contributed by atoms with Crippen LogP contribution in [0.3, 0.4) is 0 Å². The van der Waals surface area contributed by atoms with Gasteiger partial charge in [0.25, 0.3) is 0 Å². The molecule has 4 nitrogen and oxygen atoms in total. The Morgan fingerprint density at radius 1 is 0.821 bits per heavy atom. The predicted octanol–water partition coefficient (Wildman–Crippen LogP) is 6.03. The van der Waals surface area contributed by atoms with Crippen molar-refractivity contribution in [2.45, 2.75) is 6.92 Å². The first-order valence-corrected chi connectivity index (χ1v) is 9.01. The Bertz CT molecular complexity index is 1330. The average molecular weight is 367 g/mol. The molecule has 0 bridgehead atoms. The summed E-state index contributed by atoms with van der Waals surface area (Å²) < 4.78 is 6.30. The molecule has 0 radical (unpaired) electrons. The van der Waals surface area contributed by atoms with Crippen molar-refractivity contribution in [1.29, 1.82) is 0 Å². The lowest BCUT2D eigenvalue weighted by Crippen LogP contribution is -1.85. The molecule has 0 amide bonds. The third-order valence-electron chi connectivity index (χ3n) is 5.00. The summed E-state index contributed by atoms with van der Waals surface area (Å²) >= 11 is 0. The lowest BCUT2D eigenvalue weighted by Gasteiger charge is -2.08. The maximum absolute atomic E-state index is 10.2. The molecule has 0 atom stereocenters. The van der Waals surface area contributed by atoms with Crippen molar-refractivity contribution in [1.82, 2.24) is 4.98 Å². The summed E-state index contributed by atoms with van der Waals surface area (Å²) in [4.78, 5) is 4.47. The highest BCUT2D eigenvalue weighted by atomic mass is 16.3. The third kappa shape index (κ3) is 2.50. The van der Waals surface area contributed by atoms with Crippen LogP contribution in [0.4, 0.5) is 0 Å². The largest absolute Gasteiger partial charge is 0.508 e. The molecule has 0 aliphatic rings. The van der Waals surface area contributed by atoms with E-state index in [0.717, 1.165) is 44.1 Å². The Hall–Kier alpha value is -3.79. The highest BCUT2D eigenvalue weighted by Crippen LogP contribution is 2.45. The number of benzene rings is 3. The SMILES string of the molecule is Cc1cc(O)cc2c(-c3cccc4ncccc34)c(-c3ccc(O)cc3)oc12. The monoisotopic (exact) mass is 367 g/mol. The molecular weight excluding hydrogens is 350 g/mol. The Kier molecular flexibility index (Phi) is 3.59. The number of hydrogen-bond acceptors (Lipinski definition) is 4. The van der Waals surface area contributed by atoms with Gasteiger partial charge in [0.2, 0.25) is 0 Å². The standard InChI is InChI=1S/C24H17NO3/c1-14-12-17(27)13-20-22(19-4-2-6-21-18(19)5-3-11-25-21)24(28-23(14)20)15-7-9-16(26)10-8-15/h2-13,26-27H,1H3. The molecule has 0 aliphatic carbocycles. The quantitative estimate of drug-likeness (QED) is 0.399. The minimum Gasteiger partial charge on any atom is -0.508 e. The van der Waals surface area contributed by atoms with Crippen molar-refractivity contribution in [3.63, 3.8) is 0 Å². The minimum absolute atomic E-state index is 0.197. The van der Waals surface area contributed by atoms with Gasteiger partial charge in [-0.1, -0.05) is 18.2 Å². The van der Waals surface area contributed by atoms with Gasteiger partial charge in [-0.25, -0.2) is 0 Å². The van der Waals surface area contributed by atoms with E-state index in [4.69, 9.17) is 4.42 Å². The molecule has 0 saturated carbocycles. The van der Waals surface area contributed by atoms with Crippen LogP contribution in [-0.4, -0.2) is 15.2 Å². The number of furan rings is 1. The first-order chi connectivity index (χ1) is 13.6. The minimum atomic E-state index is 0.197. The van der Waals surface area contributed by atoms with Crippen LogP contribution < -0.4 is 0 Å². The van der Waals surface area contributed by atoms with Gasteiger partial charge in [-0.2, -0.15) is 0 Å². The number of aromatic hydroxyl groups is 2. The van der Waals surface area contributed by atoms with E-state index in [0.29, 0.717) is 5.76 Å². The van der Waals surface area contributed by atoms with E-state index in [-0.39, 0.29) is 11.5 Å². The van der Waals surface area contributed by atoms with Gasteiger partial charge in [0.05, 0.1) is 5.52 Å². The normalized spacial score (nSPS) is 11.3. The summed E-state index contributed by atoms with van der Waals surface area (Å²) in [6, 6.07) is 20.3. The van der Waals surface area contributed by atoms with E-state index < -0.39 is 0 Å². The molecule has 0 spiro atoms. The second-order valence-electron chi connectivity index (χ2n) is 6.87. The molecule has 0 unspecified atom stereocenters. The highest BCUT2D eigenvalue weighted by Gasteiger charge is 2.21. The van der Waals surface area contributed by atoms with Crippen LogP contribution in [0.2, 0.25) is 0 Å². The molecule has 0 aliphatic heterocycles. The van der Waals surface area contributed by atoms with Gasteiger partial charge in [0.1, 0.15) is 22.8 Å². The van der Waals surface area contributed by atoms with Crippen LogP contribution in [0.15, 0.2) is 77.3 Å². The number of nitrogens with zero attached hydrogens (tertiary/aromatic N) is 1. The number of hydrogen-bond donors (Lipinski definition) is 2. The zero-order chi connectivity index (χ0) is 19.3. The lowest BCUT2D eigenvalue weighted by molar-refractivity contribution is 0.474. The van der Waals surface area contributed by atoms with E-state index in [1.165, 1.54) is 0 Å².